The Morgan fingerprint density at radius 3 is 2.38 bits per heavy atom. The van der Waals surface area contributed by atoms with Gasteiger partial charge in [0.25, 0.3) is 0 Å². The molecule has 1 aliphatic rings. The van der Waals surface area contributed by atoms with Crippen LogP contribution in [0.1, 0.15) is 0 Å². The van der Waals surface area contributed by atoms with Crippen molar-refractivity contribution in [2.24, 2.45) is 5.92 Å². The lowest BCUT2D eigenvalue weighted by atomic mass is 10.1. The second kappa shape index (κ2) is 2.35. The predicted octanol–water partition coefficient (Wildman–Crippen LogP) is 1.28. The van der Waals surface area contributed by atoms with Crippen LogP contribution < -0.4 is 0 Å². The molecule has 0 aromatic carbocycles. The SMILES string of the molecule is O=C1OCC1C(Br)Br. The Morgan fingerprint density at radius 2 is 2.38 bits per heavy atom. The quantitative estimate of drug-likeness (QED) is 0.512. The standard InChI is InChI=1S/C4H4Br2O2/c5-3(6)2-1-8-4(2)7/h2-3H,1H2. The van der Waals surface area contributed by atoms with Crippen LogP contribution in [0.3, 0.4) is 0 Å². The Hall–Kier alpha value is 0.430. The molecule has 0 spiro atoms. The number of rotatable bonds is 1. The van der Waals surface area contributed by atoms with Crippen LogP contribution in [0.5, 0.6) is 0 Å². The van der Waals surface area contributed by atoms with Crippen molar-refractivity contribution in [1.29, 1.82) is 0 Å². The number of halogens is 2. The maximum absolute atomic E-state index is 10.4. The van der Waals surface area contributed by atoms with Crippen molar-refractivity contribution in [3.05, 3.63) is 0 Å². The monoisotopic (exact) mass is 242 g/mol. The van der Waals surface area contributed by atoms with E-state index in [0.717, 1.165) is 0 Å². The van der Waals surface area contributed by atoms with Gasteiger partial charge in [0.2, 0.25) is 0 Å². The zero-order valence-electron chi connectivity index (χ0n) is 3.93. The highest BCUT2D eigenvalue weighted by Crippen LogP contribution is 2.26. The van der Waals surface area contributed by atoms with Gasteiger partial charge in [0.15, 0.2) is 0 Å². The summed E-state index contributed by atoms with van der Waals surface area (Å²) in [6.45, 7) is 0.542. The lowest BCUT2D eigenvalue weighted by Gasteiger charge is -2.25. The Balaban J connectivity index is 2.37. The van der Waals surface area contributed by atoms with Crippen LogP contribution in [0.2, 0.25) is 0 Å². The molecule has 0 amide bonds. The third-order valence-corrected chi connectivity index (χ3v) is 2.29. The third kappa shape index (κ3) is 1.05. The zero-order chi connectivity index (χ0) is 6.15. The van der Waals surface area contributed by atoms with Crippen molar-refractivity contribution in [3.8, 4) is 0 Å². The van der Waals surface area contributed by atoms with E-state index in [1.165, 1.54) is 0 Å². The second-order valence-electron chi connectivity index (χ2n) is 1.57. The first-order chi connectivity index (χ1) is 3.72. The summed E-state index contributed by atoms with van der Waals surface area (Å²) in [5.41, 5.74) is 0. The highest BCUT2D eigenvalue weighted by Gasteiger charge is 2.35. The first-order valence-electron chi connectivity index (χ1n) is 2.16. The van der Waals surface area contributed by atoms with E-state index in [-0.39, 0.29) is 15.6 Å². The van der Waals surface area contributed by atoms with Gasteiger partial charge < -0.3 is 4.74 Å². The molecule has 0 bridgehead atoms. The highest BCUT2D eigenvalue weighted by atomic mass is 79.9. The van der Waals surface area contributed by atoms with Crippen LogP contribution in [0.4, 0.5) is 0 Å². The fourth-order valence-electron chi connectivity index (χ4n) is 0.423. The smallest absolute Gasteiger partial charge is 0.314 e. The van der Waals surface area contributed by atoms with Crippen molar-refractivity contribution in [2.45, 2.75) is 3.74 Å². The summed E-state index contributed by atoms with van der Waals surface area (Å²) in [6, 6.07) is 0. The summed E-state index contributed by atoms with van der Waals surface area (Å²) in [5.74, 6) is -0.0984. The van der Waals surface area contributed by atoms with Gasteiger partial charge in [-0.3, -0.25) is 4.79 Å². The average molecular weight is 244 g/mol. The number of ether oxygens (including phenoxy) is 1. The van der Waals surface area contributed by atoms with E-state index < -0.39 is 0 Å². The molecular formula is C4H4Br2O2. The van der Waals surface area contributed by atoms with Crippen LogP contribution in [0, 0.1) is 5.92 Å². The highest BCUT2D eigenvalue weighted by molar-refractivity contribution is 9.24. The Morgan fingerprint density at radius 1 is 1.75 bits per heavy atom. The molecule has 0 saturated carbocycles. The molecule has 0 aromatic heterocycles. The lowest BCUT2D eigenvalue weighted by molar-refractivity contribution is -0.166. The molecule has 1 unspecified atom stereocenters. The van der Waals surface area contributed by atoms with E-state index >= 15 is 0 Å². The minimum absolute atomic E-state index is 0.0231. The number of cyclic esters (lactones) is 1. The van der Waals surface area contributed by atoms with E-state index in [4.69, 9.17) is 0 Å². The molecule has 8 heavy (non-hydrogen) atoms. The maximum atomic E-state index is 10.4. The van der Waals surface area contributed by atoms with Gasteiger partial charge in [-0.1, -0.05) is 31.9 Å². The molecule has 1 atom stereocenters. The molecule has 1 aliphatic heterocycles. The van der Waals surface area contributed by atoms with Gasteiger partial charge in [0.05, 0.1) is 3.74 Å². The molecule has 46 valence electrons. The molecule has 0 aliphatic carbocycles. The molecule has 4 heteroatoms. The minimum Gasteiger partial charge on any atom is -0.464 e. The lowest BCUT2D eigenvalue weighted by Crippen LogP contribution is -2.38. The van der Waals surface area contributed by atoms with E-state index in [9.17, 15) is 4.79 Å². The average Bonchev–Trinajstić information content (AvgIpc) is 1.61. The molecule has 1 rings (SSSR count). The van der Waals surface area contributed by atoms with Gasteiger partial charge in [0, 0.05) is 0 Å². The number of hydrogen-bond donors (Lipinski definition) is 0. The van der Waals surface area contributed by atoms with E-state index in [1.54, 1.807) is 0 Å². The Kier molecular flexibility index (Phi) is 1.92. The predicted molar refractivity (Wildman–Crippen MR) is 36.1 cm³/mol. The summed E-state index contributed by atoms with van der Waals surface area (Å²) in [5, 5.41) is 0. The van der Waals surface area contributed by atoms with Gasteiger partial charge in [-0.2, -0.15) is 0 Å². The summed E-state index contributed by atoms with van der Waals surface area (Å²) >= 11 is 6.41. The van der Waals surface area contributed by atoms with E-state index in [0.29, 0.717) is 6.61 Å². The molecule has 1 heterocycles. The molecule has 0 N–H and O–H groups in total. The molecular weight excluding hydrogens is 240 g/mol. The molecule has 2 nitrogen and oxygen atoms in total. The maximum Gasteiger partial charge on any atom is 0.314 e. The van der Waals surface area contributed by atoms with Crippen LogP contribution in [0.25, 0.3) is 0 Å². The van der Waals surface area contributed by atoms with Crippen molar-refractivity contribution < 1.29 is 9.53 Å². The van der Waals surface area contributed by atoms with Gasteiger partial charge in [-0.25, -0.2) is 0 Å². The number of esters is 1. The Bertz CT molecular complexity index is 113. The molecule has 1 fully saturated rings. The third-order valence-electron chi connectivity index (χ3n) is 1.01. The fraction of sp³-hybridized carbons (Fsp3) is 0.750. The summed E-state index contributed by atoms with van der Waals surface area (Å²) in [6.07, 6.45) is 0. The number of carbonyl (C=O) groups excluding carboxylic acids is 1. The van der Waals surface area contributed by atoms with Crippen molar-refractivity contribution >= 4 is 37.8 Å². The number of alkyl halides is 2. The van der Waals surface area contributed by atoms with Gasteiger partial charge >= 0.3 is 5.97 Å². The Labute approximate surface area is 63.8 Å². The van der Waals surface area contributed by atoms with Gasteiger partial charge in [0.1, 0.15) is 12.5 Å². The molecule has 0 aromatic rings. The van der Waals surface area contributed by atoms with Crippen molar-refractivity contribution in [3.63, 3.8) is 0 Å². The van der Waals surface area contributed by atoms with Crippen LogP contribution in [0.15, 0.2) is 0 Å². The van der Waals surface area contributed by atoms with E-state index in [2.05, 4.69) is 36.6 Å². The molecule has 1 saturated heterocycles. The summed E-state index contributed by atoms with van der Waals surface area (Å²) < 4.78 is 4.59. The van der Waals surface area contributed by atoms with E-state index in [1.807, 2.05) is 0 Å². The first kappa shape index (κ1) is 6.55. The van der Waals surface area contributed by atoms with Gasteiger partial charge in [-0.05, 0) is 0 Å². The van der Waals surface area contributed by atoms with Crippen LogP contribution >= 0.6 is 31.9 Å². The van der Waals surface area contributed by atoms with Crippen LogP contribution in [-0.4, -0.2) is 16.3 Å². The second-order valence-corrected chi connectivity index (χ2v) is 4.77. The van der Waals surface area contributed by atoms with Crippen molar-refractivity contribution in [2.75, 3.05) is 6.61 Å². The summed E-state index contributed by atoms with van der Waals surface area (Å²) in [7, 11) is 0. The fourth-order valence-corrected chi connectivity index (χ4v) is 1.16. The number of hydrogen-bond acceptors (Lipinski definition) is 2. The summed E-state index contributed by atoms with van der Waals surface area (Å²) in [4.78, 5) is 10.4. The number of carbonyl (C=O) groups is 1. The van der Waals surface area contributed by atoms with Crippen molar-refractivity contribution in [1.82, 2.24) is 0 Å². The zero-order valence-corrected chi connectivity index (χ0v) is 7.11. The first-order valence-corrected chi connectivity index (χ1v) is 3.99. The molecule has 0 radical (unpaired) electrons. The largest absolute Gasteiger partial charge is 0.464 e. The van der Waals surface area contributed by atoms with Gasteiger partial charge in [-0.15, -0.1) is 0 Å². The minimum atomic E-state index is -0.122. The normalized spacial score (nSPS) is 27.4. The topological polar surface area (TPSA) is 26.3 Å². The van der Waals surface area contributed by atoms with Crippen LogP contribution in [-0.2, 0) is 9.53 Å².